The average Bonchev–Trinajstić information content (AvgIpc) is 2.76. The molecule has 1 aromatic heterocycles. The normalized spacial score (nSPS) is 10.1. The number of rotatable bonds is 2. The van der Waals surface area contributed by atoms with E-state index in [9.17, 15) is 13.6 Å². The van der Waals surface area contributed by atoms with Crippen molar-refractivity contribution in [2.24, 2.45) is 0 Å². The highest BCUT2D eigenvalue weighted by molar-refractivity contribution is 6.04. The molecular formula is C11H7F2NO2. The predicted molar refractivity (Wildman–Crippen MR) is 53.0 cm³/mol. The van der Waals surface area contributed by atoms with E-state index < -0.39 is 17.5 Å². The van der Waals surface area contributed by atoms with E-state index in [0.29, 0.717) is 0 Å². The Balaban J connectivity index is 2.21. The Morgan fingerprint density at radius 1 is 1.25 bits per heavy atom. The topological polar surface area (TPSA) is 42.2 Å². The van der Waals surface area contributed by atoms with Gasteiger partial charge in [-0.1, -0.05) is 0 Å². The van der Waals surface area contributed by atoms with Gasteiger partial charge in [0, 0.05) is 6.07 Å². The summed E-state index contributed by atoms with van der Waals surface area (Å²) in [6, 6.07) is 4.25. The third kappa shape index (κ3) is 2.08. The van der Waals surface area contributed by atoms with Gasteiger partial charge in [-0.3, -0.25) is 4.79 Å². The molecule has 16 heavy (non-hydrogen) atoms. The van der Waals surface area contributed by atoms with Crippen LogP contribution in [0.3, 0.4) is 0 Å². The molecule has 0 aliphatic heterocycles. The molecule has 5 heteroatoms. The quantitative estimate of drug-likeness (QED) is 0.850. The van der Waals surface area contributed by atoms with E-state index in [1.54, 1.807) is 0 Å². The van der Waals surface area contributed by atoms with Crippen LogP contribution >= 0.6 is 0 Å². The molecule has 1 amide bonds. The zero-order valence-corrected chi connectivity index (χ0v) is 8.04. The summed E-state index contributed by atoms with van der Waals surface area (Å²) in [4.78, 5) is 11.5. The lowest BCUT2D eigenvalue weighted by molar-refractivity contribution is 0.102. The lowest BCUT2D eigenvalue weighted by Gasteiger charge is -2.04. The molecule has 82 valence electrons. The van der Waals surface area contributed by atoms with Crippen molar-refractivity contribution in [1.82, 2.24) is 0 Å². The first-order valence-electron chi connectivity index (χ1n) is 4.45. The minimum absolute atomic E-state index is 0.203. The van der Waals surface area contributed by atoms with Crippen LogP contribution in [0.2, 0.25) is 0 Å². The van der Waals surface area contributed by atoms with Gasteiger partial charge in [0.2, 0.25) is 0 Å². The van der Waals surface area contributed by atoms with Gasteiger partial charge >= 0.3 is 0 Å². The number of benzene rings is 1. The summed E-state index contributed by atoms with van der Waals surface area (Å²) in [5.41, 5.74) is 0.0369. The Labute approximate surface area is 89.7 Å². The smallest absolute Gasteiger partial charge is 0.258 e. The fourth-order valence-electron chi connectivity index (χ4n) is 1.18. The molecule has 0 aliphatic carbocycles. The molecule has 0 fully saturated rings. The maximum Gasteiger partial charge on any atom is 0.258 e. The molecule has 0 bridgehead atoms. The molecule has 1 aromatic carbocycles. The summed E-state index contributed by atoms with van der Waals surface area (Å²) in [6.07, 6.45) is 2.53. The van der Waals surface area contributed by atoms with E-state index >= 15 is 0 Å². The molecule has 0 atom stereocenters. The zero-order valence-electron chi connectivity index (χ0n) is 8.04. The van der Waals surface area contributed by atoms with E-state index in [4.69, 9.17) is 4.42 Å². The fraction of sp³-hybridized carbons (Fsp3) is 0. The number of carbonyl (C=O) groups excluding carboxylic acids is 1. The average molecular weight is 223 g/mol. The highest BCUT2D eigenvalue weighted by Gasteiger charge is 2.10. The SMILES string of the molecule is O=C(Nc1cc(F)ccc1F)c1ccoc1. The van der Waals surface area contributed by atoms with Crippen molar-refractivity contribution in [2.75, 3.05) is 5.32 Å². The van der Waals surface area contributed by atoms with Gasteiger partial charge in [0.15, 0.2) is 0 Å². The molecule has 0 spiro atoms. The van der Waals surface area contributed by atoms with Crippen molar-refractivity contribution in [2.45, 2.75) is 0 Å². The maximum atomic E-state index is 13.2. The molecule has 0 aliphatic rings. The van der Waals surface area contributed by atoms with Crippen molar-refractivity contribution in [3.8, 4) is 0 Å². The molecule has 2 rings (SSSR count). The number of hydrogen-bond acceptors (Lipinski definition) is 2. The van der Waals surface area contributed by atoms with E-state index in [0.717, 1.165) is 18.2 Å². The number of furan rings is 1. The van der Waals surface area contributed by atoms with Crippen LogP contribution in [-0.2, 0) is 0 Å². The van der Waals surface area contributed by atoms with Crippen LogP contribution in [0.15, 0.2) is 41.2 Å². The van der Waals surface area contributed by atoms with Gasteiger partial charge in [-0.05, 0) is 18.2 Å². The molecule has 0 saturated heterocycles. The number of carbonyl (C=O) groups is 1. The predicted octanol–water partition coefficient (Wildman–Crippen LogP) is 2.81. The summed E-state index contributed by atoms with van der Waals surface area (Å²) >= 11 is 0. The third-order valence-corrected chi connectivity index (χ3v) is 1.96. The first-order valence-corrected chi connectivity index (χ1v) is 4.45. The van der Waals surface area contributed by atoms with Crippen molar-refractivity contribution < 1.29 is 18.0 Å². The van der Waals surface area contributed by atoms with Crippen molar-refractivity contribution in [3.05, 3.63) is 54.0 Å². The summed E-state index contributed by atoms with van der Waals surface area (Å²) in [5.74, 6) is -1.87. The van der Waals surface area contributed by atoms with Crippen LogP contribution in [0.1, 0.15) is 10.4 Å². The number of amides is 1. The van der Waals surface area contributed by atoms with E-state index in [-0.39, 0.29) is 11.3 Å². The van der Waals surface area contributed by atoms with Crippen molar-refractivity contribution in [3.63, 3.8) is 0 Å². The highest BCUT2D eigenvalue weighted by atomic mass is 19.1. The van der Waals surface area contributed by atoms with Crippen LogP contribution in [0.4, 0.5) is 14.5 Å². The zero-order chi connectivity index (χ0) is 11.5. The molecular weight excluding hydrogens is 216 g/mol. The lowest BCUT2D eigenvalue weighted by atomic mass is 10.2. The van der Waals surface area contributed by atoms with Crippen LogP contribution in [0, 0.1) is 11.6 Å². The molecule has 2 aromatic rings. The highest BCUT2D eigenvalue weighted by Crippen LogP contribution is 2.16. The van der Waals surface area contributed by atoms with Crippen LogP contribution in [0.5, 0.6) is 0 Å². The standard InChI is InChI=1S/C11H7F2NO2/c12-8-1-2-9(13)10(5-8)14-11(15)7-3-4-16-6-7/h1-6H,(H,14,15). The minimum atomic E-state index is -0.696. The first kappa shape index (κ1) is 10.4. The number of halogens is 2. The first-order chi connectivity index (χ1) is 7.66. The Morgan fingerprint density at radius 2 is 2.06 bits per heavy atom. The Bertz CT molecular complexity index is 509. The molecule has 0 unspecified atom stereocenters. The maximum absolute atomic E-state index is 13.2. The second kappa shape index (κ2) is 4.14. The summed E-state index contributed by atoms with van der Waals surface area (Å²) in [7, 11) is 0. The number of hydrogen-bond donors (Lipinski definition) is 1. The summed E-state index contributed by atoms with van der Waals surface area (Å²) in [6.45, 7) is 0. The molecule has 1 N–H and O–H groups in total. The molecule has 1 heterocycles. The Morgan fingerprint density at radius 3 is 2.75 bits per heavy atom. The van der Waals surface area contributed by atoms with E-state index in [1.807, 2.05) is 0 Å². The second-order valence-electron chi connectivity index (χ2n) is 3.09. The van der Waals surface area contributed by atoms with Gasteiger partial charge in [-0.25, -0.2) is 8.78 Å². The van der Waals surface area contributed by atoms with Crippen LogP contribution in [-0.4, -0.2) is 5.91 Å². The van der Waals surface area contributed by atoms with Gasteiger partial charge in [0.05, 0.1) is 17.5 Å². The number of nitrogens with one attached hydrogen (secondary N) is 1. The second-order valence-corrected chi connectivity index (χ2v) is 3.09. The lowest BCUT2D eigenvalue weighted by Crippen LogP contribution is -2.12. The third-order valence-electron chi connectivity index (χ3n) is 1.96. The van der Waals surface area contributed by atoms with Gasteiger partial charge in [-0.2, -0.15) is 0 Å². The van der Waals surface area contributed by atoms with Gasteiger partial charge < -0.3 is 9.73 Å². The summed E-state index contributed by atoms with van der Waals surface area (Å²) < 4.78 is 30.7. The van der Waals surface area contributed by atoms with Crippen LogP contribution < -0.4 is 5.32 Å². The van der Waals surface area contributed by atoms with Gasteiger partial charge in [0.1, 0.15) is 17.9 Å². The Kier molecular flexibility index (Phi) is 2.68. The largest absolute Gasteiger partial charge is 0.472 e. The van der Waals surface area contributed by atoms with E-state index in [2.05, 4.69) is 5.32 Å². The minimum Gasteiger partial charge on any atom is -0.472 e. The van der Waals surface area contributed by atoms with Crippen LogP contribution in [0.25, 0.3) is 0 Å². The molecule has 3 nitrogen and oxygen atoms in total. The van der Waals surface area contributed by atoms with E-state index in [1.165, 1.54) is 18.6 Å². The van der Waals surface area contributed by atoms with Crippen molar-refractivity contribution in [1.29, 1.82) is 0 Å². The summed E-state index contributed by atoms with van der Waals surface area (Å²) in [5, 5.41) is 2.24. The van der Waals surface area contributed by atoms with Gasteiger partial charge in [0.25, 0.3) is 5.91 Å². The molecule has 0 radical (unpaired) electrons. The molecule has 0 saturated carbocycles. The monoisotopic (exact) mass is 223 g/mol. The number of anilines is 1. The fourth-order valence-corrected chi connectivity index (χ4v) is 1.18. The Hall–Kier alpha value is -2.17. The van der Waals surface area contributed by atoms with Gasteiger partial charge in [-0.15, -0.1) is 0 Å². The van der Waals surface area contributed by atoms with Crippen molar-refractivity contribution >= 4 is 11.6 Å².